The summed E-state index contributed by atoms with van der Waals surface area (Å²) in [5.74, 6) is 0. The monoisotopic (exact) mass is 433 g/mol. The van der Waals surface area contributed by atoms with Crippen molar-refractivity contribution in [3.05, 3.63) is 76.7 Å². The van der Waals surface area contributed by atoms with Gasteiger partial charge >= 0.3 is 5.69 Å². The fourth-order valence-corrected chi connectivity index (χ4v) is 4.70. The second-order valence-corrected chi connectivity index (χ2v) is 9.09. The Morgan fingerprint density at radius 3 is 2.47 bits per heavy atom. The van der Waals surface area contributed by atoms with Gasteiger partial charge in [0.1, 0.15) is 0 Å². The minimum atomic E-state index is -0.681. The molecule has 0 bridgehead atoms. The molecule has 0 spiro atoms. The van der Waals surface area contributed by atoms with Gasteiger partial charge in [0.25, 0.3) is 0 Å². The van der Waals surface area contributed by atoms with Crippen molar-refractivity contribution in [1.82, 2.24) is 19.0 Å². The van der Waals surface area contributed by atoms with Gasteiger partial charge in [0.2, 0.25) is 0 Å². The average Bonchev–Trinajstić information content (AvgIpc) is 3.17. The van der Waals surface area contributed by atoms with Gasteiger partial charge in [-0.2, -0.15) is 0 Å². The number of benzene rings is 1. The smallest absolute Gasteiger partial charge is 0.332 e. The molecule has 0 atom stereocenters. The molecule has 7 heteroatoms. The van der Waals surface area contributed by atoms with E-state index in [2.05, 4.69) is 27.9 Å². The summed E-state index contributed by atoms with van der Waals surface area (Å²) >= 11 is 0. The maximum absolute atomic E-state index is 13.0. The standard InChI is InChI=1S/C25H31N5O2/c1-27-14-16-28(17-15-27)23-4-2-12-26-22(23)9-13-29-18-19-30(24(29)31)21-7-5-20(6-8-21)25(32)10-3-11-25/h2,4-8,12,18-19,32H,3,9-11,13-17H2,1H3. The second kappa shape index (κ2) is 8.56. The van der Waals surface area contributed by atoms with Crippen LogP contribution in [0.5, 0.6) is 0 Å². The highest BCUT2D eigenvalue weighted by atomic mass is 16.3. The van der Waals surface area contributed by atoms with Crippen LogP contribution in [0, 0.1) is 0 Å². The third-order valence-corrected chi connectivity index (χ3v) is 7.01. The van der Waals surface area contributed by atoms with E-state index in [-0.39, 0.29) is 5.69 Å². The maximum atomic E-state index is 13.0. The number of piperazine rings is 1. The van der Waals surface area contributed by atoms with Crippen LogP contribution in [0.15, 0.2) is 59.8 Å². The topological polar surface area (TPSA) is 66.5 Å². The summed E-state index contributed by atoms with van der Waals surface area (Å²) in [4.78, 5) is 22.4. The molecule has 5 rings (SSSR count). The molecule has 32 heavy (non-hydrogen) atoms. The lowest BCUT2D eigenvalue weighted by molar-refractivity contribution is -0.0387. The molecule has 1 saturated heterocycles. The summed E-state index contributed by atoms with van der Waals surface area (Å²) in [5, 5.41) is 10.5. The van der Waals surface area contributed by atoms with Crippen LogP contribution in [-0.4, -0.2) is 57.4 Å². The number of hydrogen-bond acceptors (Lipinski definition) is 5. The molecule has 1 aliphatic carbocycles. The Morgan fingerprint density at radius 2 is 1.78 bits per heavy atom. The summed E-state index contributed by atoms with van der Waals surface area (Å²) in [6.45, 7) is 4.67. The number of nitrogens with zero attached hydrogens (tertiary/aromatic N) is 5. The molecule has 1 N–H and O–H groups in total. The molecule has 0 unspecified atom stereocenters. The van der Waals surface area contributed by atoms with Gasteiger partial charge in [-0.05, 0) is 56.1 Å². The van der Waals surface area contributed by atoms with Gasteiger partial charge in [0.15, 0.2) is 0 Å². The molecule has 2 aromatic heterocycles. The van der Waals surface area contributed by atoms with Crippen LogP contribution >= 0.6 is 0 Å². The minimum absolute atomic E-state index is 0.0582. The molecule has 2 fully saturated rings. The van der Waals surface area contributed by atoms with E-state index < -0.39 is 5.60 Å². The molecule has 3 heterocycles. The van der Waals surface area contributed by atoms with Gasteiger partial charge in [-0.15, -0.1) is 0 Å². The Kier molecular flexibility index (Phi) is 5.61. The van der Waals surface area contributed by atoms with E-state index in [1.54, 1.807) is 9.13 Å². The first-order valence-electron chi connectivity index (χ1n) is 11.5. The van der Waals surface area contributed by atoms with Gasteiger partial charge in [-0.25, -0.2) is 4.79 Å². The van der Waals surface area contributed by atoms with Crippen molar-refractivity contribution in [2.75, 3.05) is 38.1 Å². The summed E-state index contributed by atoms with van der Waals surface area (Å²) < 4.78 is 3.41. The number of rotatable bonds is 6. The molecule has 0 radical (unpaired) electrons. The molecule has 3 aromatic rings. The van der Waals surface area contributed by atoms with Crippen molar-refractivity contribution in [2.24, 2.45) is 0 Å². The molecule has 2 aliphatic rings. The predicted molar refractivity (Wildman–Crippen MR) is 125 cm³/mol. The molecule has 7 nitrogen and oxygen atoms in total. The predicted octanol–water partition coefficient (Wildman–Crippen LogP) is 2.40. The fraction of sp³-hybridized carbons (Fsp3) is 0.440. The van der Waals surface area contributed by atoms with Crippen LogP contribution in [0.4, 0.5) is 5.69 Å². The minimum Gasteiger partial charge on any atom is -0.385 e. The van der Waals surface area contributed by atoms with Gasteiger partial charge in [0, 0.05) is 57.7 Å². The first kappa shape index (κ1) is 21.0. The van der Waals surface area contributed by atoms with Crippen LogP contribution in [0.25, 0.3) is 5.69 Å². The highest BCUT2D eigenvalue weighted by Gasteiger charge is 2.35. The van der Waals surface area contributed by atoms with Gasteiger partial charge in [-0.1, -0.05) is 12.1 Å². The summed E-state index contributed by atoms with van der Waals surface area (Å²) in [6.07, 6.45) is 8.88. The first-order valence-corrected chi connectivity index (χ1v) is 11.5. The lowest BCUT2D eigenvalue weighted by atomic mass is 9.75. The quantitative estimate of drug-likeness (QED) is 0.647. The largest absolute Gasteiger partial charge is 0.385 e. The molecular weight excluding hydrogens is 402 g/mol. The first-order chi connectivity index (χ1) is 15.5. The zero-order valence-corrected chi connectivity index (χ0v) is 18.7. The van der Waals surface area contributed by atoms with E-state index >= 15 is 0 Å². The van der Waals surface area contributed by atoms with Crippen molar-refractivity contribution in [2.45, 2.75) is 37.8 Å². The lowest BCUT2D eigenvalue weighted by Crippen LogP contribution is -2.44. The van der Waals surface area contributed by atoms with Crippen LogP contribution in [-0.2, 0) is 18.6 Å². The number of likely N-dealkylation sites (N-methyl/N-ethyl adjacent to an activating group) is 1. The van der Waals surface area contributed by atoms with Crippen molar-refractivity contribution in [1.29, 1.82) is 0 Å². The van der Waals surface area contributed by atoms with Crippen LogP contribution in [0.3, 0.4) is 0 Å². The summed E-state index contributed by atoms with van der Waals surface area (Å²) in [7, 11) is 2.15. The van der Waals surface area contributed by atoms with E-state index in [4.69, 9.17) is 0 Å². The third-order valence-electron chi connectivity index (χ3n) is 7.01. The number of aryl methyl sites for hydroxylation is 2. The van der Waals surface area contributed by atoms with E-state index in [0.717, 1.165) is 62.4 Å². The lowest BCUT2D eigenvalue weighted by Gasteiger charge is -2.37. The average molecular weight is 434 g/mol. The highest BCUT2D eigenvalue weighted by Crippen LogP contribution is 2.41. The number of aromatic nitrogens is 3. The maximum Gasteiger partial charge on any atom is 0.332 e. The van der Waals surface area contributed by atoms with E-state index in [1.807, 2.05) is 48.9 Å². The third kappa shape index (κ3) is 3.98. The number of anilines is 1. The highest BCUT2D eigenvalue weighted by molar-refractivity contribution is 5.51. The van der Waals surface area contributed by atoms with E-state index in [9.17, 15) is 9.90 Å². The summed E-state index contributed by atoms with van der Waals surface area (Å²) in [6, 6.07) is 11.8. The number of imidazole rings is 1. The Balaban J connectivity index is 1.30. The van der Waals surface area contributed by atoms with E-state index in [0.29, 0.717) is 13.0 Å². The fourth-order valence-electron chi connectivity index (χ4n) is 4.70. The molecule has 1 saturated carbocycles. The van der Waals surface area contributed by atoms with Crippen LogP contribution in [0.1, 0.15) is 30.5 Å². The van der Waals surface area contributed by atoms with Crippen molar-refractivity contribution < 1.29 is 5.11 Å². The molecule has 1 aliphatic heterocycles. The Hall–Kier alpha value is -2.90. The van der Waals surface area contributed by atoms with Gasteiger partial charge < -0.3 is 14.9 Å². The number of pyridine rings is 1. The molecule has 1 aromatic carbocycles. The van der Waals surface area contributed by atoms with Crippen molar-refractivity contribution >= 4 is 5.69 Å². The van der Waals surface area contributed by atoms with Gasteiger partial charge in [0.05, 0.1) is 22.7 Å². The van der Waals surface area contributed by atoms with Crippen LogP contribution < -0.4 is 10.6 Å². The molecule has 0 amide bonds. The molecule has 168 valence electrons. The van der Waals surface area contributed by atoms with Crippen LogP contribution in [0.2, 0.25) is 0 Å². The van der Waals surface area contributed by atoms with Crippen molar-refractivity contribution in [3.8, 4) is 5.69 Å². The summed E-state index contributed by atoms with van der Waals surface area (Å²) in [5.41, 5.74) is 3.23. The Labute approximate surface area is 188 Å². The Bertz CT molecular complexity index is 1120. The number of aliphatic hydroxyl groups is 1. The van der Waals surface area contributed by atoms with Gasteiger partial charge in [-0.3, -0.25) is 14.1 Å². The number of hydrogen-bond donors (Lipinski definition) is 1. The SMILES string of the molecule is CN1CCN(c2cccnc2CCn2ccn(-c3ccc(C4(O)CCC4)cc3)c2=O)CC1. The zero-order valence-electron chi connectivity index (χ0n) is 18.7. The normalized spacial score (nSPS) is 18.5. The second-order valence-electron chi connectivity index (χ2n) is 9.09. The zero-order chi connectivity index (χ0) is 22.1. The molecular formula is C25H31N5O2. The van der Waals surface area contributed by atoms with E-state index in [1.165, 1.54) is 5.69 Å². The Morgan fingerprint density at radius 1 is 1.03 bits per heavy atom. The van der Waals surface area contributed by atoms with Crippen molar-refractivity contribution in [3.63, 3.8) is 0 Å².